The average molecular weight is 282 g/mol. The minimum atomic E-state index is -0.363. The summed E-state index contributed by atoms with van der Waals surface area (Å²) < 4.78 is 14.5. The van der Waals surface area contributed by atoms with E-state index in [4.69, 9.17) is 11.6 Å². The monoisotopic (exact) mass is 281 g/mol. The van der Waals surface area contributed by atoms with Crippen molar-refractivity contribution >= 4 is 17.3 Å². The van der Waals surface area contributed by atoms with Crippen LogP contribution in [-0.2, 0) is 13.5 Å². The summed E-state index contributed by atoms with van der Waals surface area (Å²) in [6, 6.07) is 6.57. The van der Waals surface area contributed by atoms with E-state index in [1.165, 1.54) is 19.3 Å². The van der Waals surface area contributed by atoms with Gasteiger partial charge in [-0.05, 0) is 18.1 Å². The third-order valence-electron chi connectivity index (χ3n) is 2.75. The van der Waals surface area contributed by atoms with Crippen LogP contribution in [0.15, 0.2) is 35.3 Å². The van der Waals surface area contributed by atoms with E-state index in [-0.39, 0.29) is 16.4 Å². The van der Waals surface area contributed by atoms with Crippen LogP contribution in [0.2, 0.25) is 5.02 Å². The molecule has 0 amide bonds. The molecule has 6 heteroatoms. The molecule has 1 aromatic carbocycles. The lowest BCUT2D eigenvalue weighted by Gasteiger charge is -2.08. The standard InChI is InChI=1S/C13H13ClFN3O/c1-18-13(19)12(14)11(8-17-18)16-7-6-9-4-2-3-5-10(9)15/h2-5,8,16H,6-7H2,1H3. The van der Waals surface area contributed by atoms with Gasteiger partial charge in [0.15, 0.2) is 0 Å². The Balaban J connectivity index is 2.03. The van der Waals surface area contributed by atoms with Crippen molar-refractivity contribution in [3.8, 4) is 0 Å². The maximum absolute atomic E-state index is 13.4. The van der Waals surface area contributed by atoms with Crippen LogP contribution >= 0.6 is 11.6 Å². The van der Waals surface area contributed by atoms with E-state index in [0.717, 1.165) is 4.68 Å². The lowest BCUT2D eigenvalue weighted by Crippen LogP contribution is -2.21. The lowest BCUT2D eigenvalue weighted by atomic mass is 10.1. The normalized spacial score (nSPS) is 10.5. The summed E-state index contributed by atoms with van der Waals surface area (Å²) in [6.45, 7) is 0.468. The van der Waals surface area contributed by atoms with Crippen LogP contribution < -0.4 is 10.9 Å². The Labute approximate surface area is 114 Å². The van der Waals surface area contributed by atoms with Gasteiger partial charge in [0.25, 0.3) is 5.56 Å². The number of halogens is 2. The van der Waals surface area contributed by atoms with Gasteiger partial charge in [-0.1, -0.05) is 29.8 Å². The zero-order valence-corrected chi connectivity index (χ0v) is 11.1. The highest BCUT2D eigenvalue weighted by Crippen LogP contribution is 2.15. The van der Waals surface area contributed by atoms with Crippen molar-refractivity contribution in [1.82, 2.24) is 9.78 Å². The third kappa shape index (κ3) is 3.12. The van der Waals surface area contributed by atoms with E-state index in [2.05, 4.69) is 10.4 Å². The molecule has 1 heterocycles. The van der Waals surface area contributed by atoms with Gasteiger partial charge < -0.3 is 5.32 Å². The van der Waals surface area contributed by atoms with Crippen molar-refractivity contribution in [3.63, 3.8) is 0 Å². The number of hydrogen-bond acceptors (Lipinski definition) is 3. The number of nitrogens with zero attached hydrogens (tertiary/aromatic N) is 2. The molecule has 0 radical (unpaired) electrons. The van der Waals surface area contributed by atoms with Crippen molar-refractivity contribution in [3.05, 3.63) is 57.2 Å². The molecular formula is C13H13ClFN3O. The Kier molecular flexibility index (Phi) is 4.16. The largest absolute Gasteiger partial charge is 0.382 e. The molecule has 100 valence electrons. The van der Waals surface area contributed by atoms with Crippen LogP contribution in [0.5, 0.6) is 0 Å². The lowest BCUT2D eigenvalue weighted by molar-refractivity contribution is 0.610. The minimum absolute atomic E-state index is 0.0889. The van der Waals surface area contributed by atoms with E-state index in [1.54, 1.807) is 18.2 Å². The van der Waals surface area contributed by atoms with Gasteiger partial charge in [0.1, 0.15) is 10.8 Å². The van der Waals surface area contributed by atoms with Gasteiger partial charge in [-0.15, -0.1) is 0 Å². The third-order valence-corrected chi connectivity index (χ3v) is 3.11. The van der Waals surface area contributed by atoms with Crippen LogP contribution in [0.25, 0.3) is 0 Å². The Hall–Kier alpha value is -1.88. The fourth-order valence-corrected chi connectivity index (χ4v) is 1.90. The minimum Gasteiger partial charge on any atom is -0.382 e. The predicted octanol–water partition coefficient (Wildman–Crippen LogP) is 2.23. The summed E-state index contributed by atoms with van der Waals surface area (Å²) in [4.78, 5) is 11.5. The first-order chi connectivity index (χ1) is 9.09. The van der Waals surface area contributed by atoms with Gasteiger partial charge in [-0.3, -0.25) is 4.79 Å². The number of nitrogens with one attached hydrogen (secondary N) is 1. The van der Waals surface area contributed by atoms with Crippen molar-refractivity contribution < 1.29 is 4.39 Å². The Morgan fingerprint density at radius 2 is 2.16 bits per heavy atom. The van der Waals surface area contributed by atoms with Gasteiger partial charge in [0.05, 0.1) is 11.9 Å². The van der Waals surface area contributed by atoms with Gasteiger partial charge >= 0.3 is 0 Å². The van der Waals surface area contributed by atoms with Gasteiger partial charge in [-0.2, -0.15) is 5.10 Å². The van der Waals surface area contributed by atoms with Crippen LogP contribution in [0.1, 0.15) is 5.56 Å². The zero-order valence-electron chi connectivity index (χ0n) is 10.4. The van der Waals surface area contributed by atoms with E-state index in [1.807, 2.05) is 0 Å². The second kappa shape index (κ2) is 5.84. The first-order valence-electron chi connectivity index (χ1n) is 5.78. The number of hydrogen-bond donors (Lipinski definition) is 1. The second-order valence-corrected chi connectivity index (χ2v) is 4.45. The number of benzene rings is 1. The molecule has 0 unspecified atom stereocenters. The van der Waals surface area contributed by atoms with E-state index >= 15 is 0 Å². The fourth-order valence-electron chi connectivity index (χ4n) is 1.67. The van der Waals surface area contributed by atoms with Gasteiger partial charge in [0, 0.05) is 13.6 Å². The predicted molar refractivity (Wildman–Crippen MR) is 73.1 cm³/mol. The quantitative estimate of drug-likeness (QED) is 0.935. The topological polar surface area (TPSA) is 46.9 Å². The Bertz CT molecular complexity index is 642. The summed E-state index contributed by atoms with van der Waals surface area (Å²) in [5.41, 5.74) is 0.710. The molecule has 1 aromatic heterocycles. The van der Waals surface area contributed by atoms with Crippen LogP contribution in [0, 0.1) is 5.82 Å². The molecule has 0 saturated carbocycles. The summed E-state index contributed by atoms with van der Waals surface area (Å²) in [7, 11) is 1.53. The highest BCUT2D eigenvalue weighted by molar-refractivity contribution is 6.32. The molecule has 0 atom stereocenters. The fraction of sp³-hybridized carbons (Fsp3) is 0.231. The zero-order chi connectivity index (χ0) is 13.8. The molecule has 4 nitrogen and oxygen atoms in total. The SMILES string of the molecule is Cn1ncc(NCCc2ccccc2F)c(Cl)c1=O. The molecule has 0 aliphatic rings. The molecule has 0 saturated heterocycles. The number of rotatable bonds is 4. The number of aryl methyl sites for hydroxylation is 1. The molecule has 1 N–H and O–H groups in total. The van der Waals surface area contributed by atoms with E-state index in [9.17, 15) is 9.18 Å². The number of aromatic nitrogens is 2. The molecule has 0 aliphatic heterocycles. The van der Waals surface area contributed by atoms with E-state index < -0.39 is 0 Å². The molecule has 2 rings (SSSR count). The first-order valence-corrected chi connectivity index (χ1v) is 6.16. The Morgan fingerprint density at radius 3 is 2.89 bits per heavy atom. The molecule has 0 aliphatic carbocycles. The molecule has 19 heavy (non-hydrogen) atoms. The van der Waals surface area contributed by atoms with Crippen molar-refractivity contribution in [2.24, 2.45) is 7.05 Å². The van der Waals surface area contributed by atoms with Crippen LogP contribution in [0.3, 0.4) is 0 Å². The molecule has 2 aromatic rings. The van der Waals surface area contributed by atoms with E-state index in [0.29, 0.717) is 24.2 Å². The highest BCUT2D eigenvalue weighted by atomic mass is 35.5. The summed E-state index contributed by atoms with van der Waals surface area (Å²) in [5, 5.41) is 6.94. The summed E-state index contributed by atoms with van der Waals surface area (Å²) in [6.07, 6.45) is 1.98. The second-order valence-electron chi connectivity index (χ2n) is 4.07. The summed E-state index contributed by atoms with van der Waals surface area (Å²) >= 11 is 5.90. The molecular weight excluding hydrogens is 269 g/mol. The maximum atomic E-state index is 13.4. The smallest absolute Gasteiger partial charge is 0.287 e. The maximum Gasteiger partial charge on any atom is 0.287 e. The van der Waals surface area contributed by atoms with Crippen LogP contribution in [0.4, 0.5) is 10.1 Å². The number of anilines is 1. The van der Waals surface area contributed by atoms with Crippen LogP contribution in [-0.4, -0.2) is 16.3 Å². The van der Waals surface area contributed by atoms with Crippen molar-refractivity contribution in [2.45, 2.75) is 6.42 Å². The Morgan fingerprint density at radius 1 is 1.42 bits per heavy atom. The van der Waals surface area contributed by atoms with Gasteiger partial charge in [-0.25, -0.2) is 9.07 Å². The summed E-state index contributed by atoms with van der Waals surface area (Å²) in [5.74, 6) is -0.238. The molecule has 0 spiro atoms. The highest BCUT2D eigenvalue weighted by Gasteiger charge is 2.07. The van der Waals surface area contributed by atoms with Crippen molar-refractivity contribution in [1.29, 1.82) is 0 Å². The average Bonchev–Trinajstić information content (AvgIpc) is 2.41. The molecule has 0 fully saturated rings. The molecule has 0 bridgehead atoms. The first kappa shape index (κ1) is 13.5. The van der Waals surface area contributed by atoms with Gasteiger partial charge in [0.2, 0.25) is 0 Å². The van der Waals surface area contributed by atoms with Crippen molar-refractivity contribution in [2.75, 3.05) is 11.9 Å².